The summed E-state index contributed by atoms with van der Waals surface area (Å²) in [6.07, 6.45) is -1.08. The predicted molar refractivity (Wildman–Crippen MR) is 119 cm³/mol. The Kier molecular flexibility index (Phi) is 7.27. The smallest absolute Gasteiger partial charge is 0.342 e. The van der Waals surface area contributed by atoms with Crippen molar-refractivity contribution in [1.29, 1.82) is 0 Å². The first-order valence-corrected chi connectivity index (χ1v) is 11.6. The van der Waals surface area contributed by atoms with Crippen LogP contribution in [0.5, 0.6) is 5.75 Å². The van der Waals surface area contributed by atoms with Gasteiger partial charge in [0, 0.05) is 32.2 Å². The summed E-state index contributed by atoms with van der Waals surface area (Å²) in [6.45, 7) is 2.11. The molecule has 0 bridgehead atoms. The summed E-state index contributed by atoms with van der Waals surface area (Å²) >= 11 is 5.99. The molecule has 1 saturated heterocycles. The monoisotopic (exact) mass is 481 g/mol. The number of nitrogens with zero attached hydrogens (tertiary/aromatic N) is 2. The fraction of sp³-hybridized carbons (Fsp3) is 0.333. The largest absolute Gasteiger partial charge is 0.496 e. The summed E-state index contributed by atoms with van der Waals surface area (Å²) in [7, 11) is -2.26. The molecule has 1 amide bonds. The van der Waals surface area contributed by atoms with Crippen molar-refractivity contribution in [2.24, 2.45) is 0 Å². The van der Waals surface area contributed by atoms with E-state index < -0.39 is 28.0 Å². The number of rotatable bonds is 6. The highest BCUT2D eigenvalue weighted by molar-refractivity contribution is 7.89. The van der Waals surface area contributed by atoms with Gasteiger partial charge >= 0.3 is 5.97 Å². The third kappa shape index (κ3) is 4.98. The highest BCUT2D eigenvalue weighted by Crippen LogP contribution is 2.29. The van der Waals surface area contributed by atoms with Crippen molar-refractivity contribution in [3.05, 3.63) is 53.1 Å². The number of nitrogens with two attached hydrogens (primary N) is 1. The minimum absolute atomic E-state index is 0.0464. The van der Waals surface area contributed by atoms with E-state index in [-0.39, 0.29) is 53.1 Å². The molecule has 1 aliphatic heterocycles. The number of sulfonamides is 1. The highest BCUT2D eigenvalue weighted by atomic mass is 35.5. The first kappa shape index (κ1) is 23.8. The van der Waals surface area contributed by atoms with Crippen LogP contribution in [-0.2, 0) is 19.6 Å². The molecule has 9 nitrogen and oxygen atoms in total. The average Bonchev–Trinajstić information content (AvgIpc) is 2.80. The Labute approximate surface area is 191 Å². The van der Waals surface area contributed by atoms with Crippen LogP contribution in [0.3, 0.4) is 0 Å². The van der Waals surface area contributed by atoms with Crippen molar-refractivity contribution in [1.82, 2.24) is 9.21 Å². The number of esters is 1. The van der Waals surface area contributed by atoms with E-state index in [2.05, 4.69) is 0 Å². The van der Waals surface area contributed by atoms with Gasteiger partial charge in [0.1, 0.15) is 11.3 Å². The van der Waals surface area contributed by atoms with Gasteiger partial charge < -0.3 is 20.1 Å². The van der Waals surface area contributed by atoms with Gasteiger partial charge in [-0.3, -0.25) is 4.79 Å². The van der Waals surface area contributed by atoms with Gasteiger partial charge in [-0.25, -0.2) is 13.2 Å². The van der Waals surface area contributed by atoms with E-state index in [1.165, 1.54) is 47.5 Å². The number of methoxy groups -OCH3 is 1. The summed E-state index contributed by atoms with van der Waals surface area (Å²) in [5.41, 5.74) is 6.01. The van der Waals surface area contributed by atoms with Crippen molar-refractivity contribution in [2.45, 2.75) is 17.9 Å². The van der Waals surface area contributed by atoms with Gasteiger partial charge in [0.15, 0.2) is 6.10 Å². The highest BCUT2D eigenvalue weighted by Gasteiger charge is 2.32. The molecule has 0 saturated carbocycles. The normalized spacial score (nSPS) is 15.8. The van der Waals surface area contributed by atoms with Gasteiger partial charge in [0.25, 0.3) is 5.91 Å². The first-order chi connectivity index (χ1) is 15.1. The Morgan fingerprint density at radius 3 is 2.31 bits per heavy atom. The summed E-state index contributed by atoms with van der Waals surface area (Å²) in [5, 5.41) is 0.160. The summed E-state index contributed by atoms with van der Waals surface area (Å²) in [6, 6.07) is 10.8. The molecule has 172 valence electrons. The van der Waals surface area contributed by atoms with Crippen molar-refractivity contribution < 1.29 is 27.5 Å². The van der Waals surface area contributed by atoms with Crippen LogP contribution in [0.25, 0.3) is 0 Å². The zero-order valence-corrected chi connectivity index (χ0v) is 19.2. The summed E-state index contributed by atoms with van der Waals surface area (Å²) < 4.78 is 37.3. The number of carbonyl (C=O) groups excluding carboxylic acids is 2. The third-order valence-corrected chi connectivity index (χ3v) is 7.34. The lowest BCUT2D eigenvalue weighted by Crippen LogP contribution is -2.52. The molecule has 1 heterocycles. The molecule has 1 unspecified atom stereocenters. The molecule has 2 N–H and O–H groups in total. The van der Waals surface area contributed by atoms with Gasteiger partial charge in [-0.2, -0.15) is 4.31 Å². The van der Waals surface area contributed by atoms with E-state index in [1.54, 1.807) is 18.2 Å². The molecule has 3 rings (SSSR count). The van der Waals surface area contributed by atoms with Crippen molar-refractivity contribution in [3.8, 4) is 5.75 Å². The lowest BCUT2D eigenvalue weighted by molar-refractivity contribution is -0.141. The summed E-state index contributed by atoms with van der Waals surface area (Å²) in [4.78, 5) is 27.0. The van der Waals surface area contributed by atoms with Gasteiger partial charge in [0.2, 0.25) is 10.0 Å². The number of piperazine rings is 1. The zero-order chi connectivity index (χ0) is 23.5. The number of ether oxygens (including phenoxy) is 2. The molecule has 0 aromatic heterocycles. The van der Waals surface area contributed by atoms with E-state index >= 15 is 0 Å². The van der Waals surface area contributed by atoms with Gasteiger partial charge in [-0.05, 0) is 25.1 Å². The maximum atomic E-state index is 12.8. The second-order valence-electron chi connectivity index (χ2n) is 7.16. The van der Waals surface area contributed by atoms with Crippen LogP contribution in [0.1, 0.15) is 17.3 Å². The second-order valence-corrected chi connectivity index (χ2v) is 9.51. The molecule has 32 heavy (non-hydrogen) atoms. The van der Waals surface area contributed by atoms with Gasteiger partial charge in [0.05, 0.1) is 22.7 Å². The molecule has 0 radical (unpaired) electrons. The molecule has 0 aliphatic carbocycles. The van der Waals surface area contributed by atoms with E-state index in [0.717, 1.165) is 0 Å². The minimum atomic E-state index is -3.63. The zero-order valence-electron chi connectivity index (χ0n) is 17.7. The maximum absolute atomic E-state index is 12.8. The number of hydrogen-bond donors (Lipinski definition) is 1. The predicted octanol–water partition coefficient (Wildman–Crippen LogP) is 2.01. The number of nitrogen functional groups attached to an aromatic ring is 1. The van der Waals surface area contributed by atoms with Crippen molar-refractivity contribution in [3.63, 3.8) is 0 Å². The molecular weight excluding hydrogens is 458 g/mol. The fourth-order valence-electron chi connectivity index (χ4n) is 3.32. The standard InChI is InChI=1S/C21H24ClN3O6S/c1-14(31-21(27)16-12-17(22)18(23)13-19(16)30-2)20(26)24-8-10-25(11-9-24)32(28,29)15-6-4-3-5-7-15/h3-7,12-14H,8-11,23H2,1-2H3. The van der Waals surface area contributed by atoms with Crippen LogP contribution in [0.15, 0.2) is 47.4 Å². The molecule has 1 aliphatic rings. The average molecular weight is 482 g/mol. The maximum Gasteiger partial charge on any atom is 0.342 e. The van der Waals surface area contributed by atoms with Crippen LogP contribution in [-0.4, -0.2) is 68.9 Å². The topological polar surface area (TPSA) is 119 Å². The Balaban J connectivity index is 1.62. The lowest BCUT2D eigenvalue weighted by atomic mass is 10.1. The van der Waals surface area contributed by atoms with E-state index in [0.29, 0.717) is 0 Å². The molecule has 0 spiro atoms. The number of anilines is 1. The van der Waals surface area contributed by atoms with Crippen LogP contribution in [0.2, 0.25) is 5.02 Å². The third-order valence-electron chi connectivity index (χ3n) is 5.10. The minimum Gasteiger partial charge on any atom is -0.496 e. The fourth-order valence-corrected chi connectivity index (χ4v) is 4.93. The van der Waals surface area contributed by atoms with E-state index in [1.807, 2.05) is 0 Å². The SMILES string of the molecule is COc1cc(N)c(Cl)cc1C(=O)OC(C)C(=O)N1CCN(S(=O)(=O)c2ccccc2)CC1. The van der Waals surface area contributed by atoms with Crippen LogP contribution >= 0.6 is 11.6 Å². The van der Waals surface area contributed by atoms with Crippen LogP contribution < -0.4 is 10.5 Å². The Bertz CT molecular complexity index is 1100. The van der Waals surface area contributed by atoms with Crippen LogP contribution in [0, 0.1) is 0 Å². The number of carbonyl (C=O) groups is 2. The molecule has 2 aromatic rings. The number of benzene rings is 2. The van der Waals surface area contributed by atoms with Crippen LogP contribution in [0.4, 0.5) is 5.69 Å². The molecule has 1 fully saturated rings. The Hall–Kier alpha value is -2.82. The molecule has 2 aromatic carbocycles. The first-order valence-electron chi connectivity index (χ1n) is 9.83. The Morgan fingerprint density at radius 2 is 1.72 bits per heavy atom. The van der Waals surface area contributed by atoms with Crippen molar-refractivity contribution in [2.75, 3.05) is 39.0 Å². The number of halogens is 1. The molecule has 11 heteroatoms. The summed E-state index contributed by atoms with van der Waals surface area (Å²) in [5.74, 6) is -1.03. The number of amides is 1. The van der Waals surface area contributed by atoms with Crippen molar-refractivity contribution >= 4 is 39.2 Å². The van der Waals surface area contributed by atoms with Gasteiger partial charge in [-0.1, -0.05) is 29.8 Å². The Morgan fingerprint density at radius 1 is 1.09 bits per heavy atom. The molecule has 1 atom stereocenters. The molecular formula is C21H24ClN3O6S. The quantitative estimate of drug-likeness (QED) is 0.495. The lowest BCUT2D eigenvalue weighted by Gasteiger charge is -2.35. The number of hydrogen-bond acceptors (Lipinski definition) is 7. The second kappa shape index (κ2) is 9.76. The van der Waals surface area contributed by atoms with E-state index in [4.69, 9.17) is 26.8 Å². The van der Waals surface area contributed by atoms with Gasteiger partial charge in [-0.15, -0.1) is 0 Å². The van der Waals surface area contributed by atoms with E-state index in [9.17, 15) is 18.0 Å².